The molecule has 2 unspecified atom stereocenters. The van der Waals surface area contributed by atoms with Crippen LogP contribution in [0.2, 0.25) is 5.02 Å². The van der Waals surface area contributed by atoms with E-state index in [4.69, 9.17) is 47.5 Å². The van der Waals surface area contributed by atoms with Crippen LogP contribution in [-0.2, 0) is 30.6 Å². The van der Waals surface area contributed by atoms with E-state index >= 15 is 0 Å². The molecule has 13 nitrogen and oxygen atoms in total. The maximum Gasteiger partial charge on any atom is 0.330 e. The Morgan fingerprint density at radius 1 is 1.44 bits per heavy atom. The molecule has 5 atom stereocenters. The van der Waals surface area contributed by atoms with Crippen LogP contribution in [0.5, 0.6) is 5.75 Å². The Morgan fingerprint density at radius 2 is 2.14 bits per heavy atom. The lowest BCUT2D eigenvalue weighted by molar-refractivity contribution is -0.142. The molecule has 0 spiro atoms. The van der Waals surface area contributed by atoms with Crippen molar-refractivity contribution < 1.29 is 23.3 Å². The first-order valence-corrected chi connectivity index (χ1v) is 13.6. The van der Waals surface area contributed by atoms with Gasteiger partial charge < -0.3 is 18.5 Å². The highest BCUT2D eigenvalue weighted by Gasteiger charge is 2.38. The number of esters is 1. The van der Waals surface area contributed by atoms with Crippen LogP contribution in [-0.4, -0.2) is 47.4 Å². The molecule has 2 heterocycles. The average molecular weight is 559 g/mol. The van der Waals surface area contributed by atoms with Crippen molar-refractivity contribution in [2.45, 2.75) is 44.7 Å². The van der Waals surface area contributed by atoms with Crippen molar-refractivity contribution in [1.82, 2.24) is 14.6 Å². The molecular formula is C20H24ClN6O7PS. The van der Waals surface area contributed by atoms with Crippen LogP contribution in [0.15, 0.2) is 45.2 Å². The zero-order valence-electron chi connectivity index (χ0n) is 19.5. The fourth-order valence-corrected chi connectivity index (χ4v) is 5.93. The zero-order chi connectivity index (χ0) is 26.5. The predicted molar refractivity (Wildman–Crippen MR) is 134 cm³/mol. The molecule has 1 saturated heterocycles. The second-order valence-corrected chi connectivity index (χ2v) is 11.4. The summed E-state index contributed by atoms with van der Waals surface area (Å²) < 4.78 is 23.8. The quantitative estimate of drug-likeness (QED) is 0.146. The van der Waals surface area contributed by atoms with Crippen molar-refractivity contribution >= 4 is 36.0 Å². The third-order valence-electron chi connectivity index (χ3n) is 5.21. The molecule has 2 aromatic rings. The standard InChI is InChI=1S/C20H24ClN6O7PS/c1-11-9-27(20(30)23-18(11)28)17-8-15(24-26-22)16(33-17)10-32-35(36,25-12(2)19(29)31-3)34-14-6-4-13(21)5-7-14/h4-7,9,12,15-17H,8,10H2,1-3H3,(H,25,36)(H,23,28,30)/t12?,15-,16+,17+,35?/m0/s1. The normalized spacial score (nSPS) is 21.7. The molecule has 1 aromatic heterocycles. The number of H-pyrrole nitrogens is 1. The number of carbonyl (C=O) groups excluding carboxylic acids is 1. The molecular weight excluding hydrogens is 535 g/mol. The molecule has 3 rings (SSSR count). The number of halogens is 1. The molecule has 1 aliphatic rings. The van der Waals surface area contributed by atoms with E-state index in [9.17, 15) is 14.4 Å². The second kappa shape index (κ2) is 12.0. The van der Waals surface area contributed by atoms with Crippen LogP contribution < -0.4 is 20.9 Å². The monoisotopic (exact) mass is 558 g/mol. The maximum atomic E-state index is 12.3. The van der Waals surface area contributed by atoms with E-state index < -0.39 is 48.3 Å². The Kier molecular flexibility index (Phi) is 9.31. The molecule has 2 N–H and O–H groups in total. The lowest BCUT2D eigenvalue weighted by Gasteiger charge is -2.27. The van der Waals surface area contributed by atoms with Gasteiger partial charge in [-0.25, -0.2) is 9.88 Å². The van der Waals surface area contributed by atoms with Crippen molar-refractivity contribution in [3.05, 3.63) is 72.3 Å². The third kappa shape index (κ3) is 6.95. The van der Waals surface area contributed by atoms with Crippen molar-refractivity contribution in [2.24, 2.45) is 5.11 Å². The summed E-state index contributed by atoms with van der Waals surface area (Å²) in [5.74, 6) is -0.233. The minimum Gasteiger partial charge on any atom is -0.468 e. The first-order chi connectivity index (χ1) is 17.0. The van der Waals surface area contributed by atoms with Gasteiger partial charge in [0.15, 0.2) is 0 Å². The Hall–Kier alpha value is -2.70. The molecule has 36 heavy (non-hydrogen) atoms. The number of nitrogens with zero attached hydrogens (tertiary/aromatic N) is 4. The number of aryl methyl sites for hydroxylation is 1. The SMILES string of the molecule is COC(=O)C(C)NP(=S)(OC[C@H]1O[C@@H](n2cc(C)c(=O)[nH]c2=O)C[C@@H]1N=[N+]=[N-])Oc1ccc(Cl)cc1. The number of ether oxygens (including phenoxy) is 2. The van der Waals surface area contributed by atoms with Crippen LogP contribution in [0.3, 0.4) is 0 Å². The molecule has 1 fully saturated rings. The van der Waals surface area contributed by atoms with E-state index in [0.29, 0.717) is 16.3 Å². The molecule has 16 heteroatoms. The summed E-state index contributed by atoms with van der Waals surface area (Å²) in [5, 5.41) is 7.12. The Labute approximate surface area is 215 Å². The van der Waals surface area contributed by atoms with Crippen molar-refractivity contribution in [3.8, 4) is 5.75 Å². The summed E-state index contributed by atoms with van der Waals surface area (Å²) in [7, 11) is 1.24. The smallest absolute Gasteiger partial charge is 0.330 e. The molecule has 1 aromatic carbocycles. The van der Waals surface area contributed by atoms with Gasteiger partial charge in [-0.3, -0.25) is 19.1 Å². The highest BCUT2D eigenvalue weighted by Crippen LogP contribution is 2.46. The summed E-state index contributed by atoms with van der Waals surface area (Å²) in [4.78, 5) is 41.1. The Bertz CT molecular complexity index is 1310. The molecule has 0 radical (unpaired) electrons. The average Bonchev–Trinajstić information content (AvgIpc) is 3.23. The summed E-state index contributed by atoms with van der Waals surface area (Å²) in [6.07, 6.45) is -0.114. The third-order valence-corrected chi connectivity index (χ3v) is 7.97. The van der Waals surface area contributed by atoms with Crippen molar-refractivity contribution in [2.75, 3.05) is 13.7 Å². The second-order valence-electron chi connectivity index (χ2n) is 7.83. The summed E-state index contributed by atoms with van der Waals surface area (Å²) in [5.41, 5.74) is 8.16. The van der Waals surface area contributed by atoms with E-state index in [0.717, 1.165) is 0 Å². The number of hydrogen-bond donors (Lipinski definition) is 2. The molecule has 194 valence electrons. The van der Waals surface area contributed by atoms with Gasteiger partial charge in [-0.1, -0.05) is 16.7 Å². The van der Waals surface area contributed by atoms with E-state index in [1.54, 1.807) is 31.2 Å². The van der Waals surface area contributed by atoms with Crippen molar-refractivity contribution in [1.29, 1.82) is 0 Å². The maximum absolute atomic E-state index is 12.3. The topological polar surface area (TPSA) is 170 Å². The van der Waals surface area contributed by atoms with Gasteiger partial charge in [0.25, 0.3) is 5.56 Å². The van der Waals surface area contributed by atoms with Gasteiger partial charge in [0.2, 0.25) is 0 Å². The number of rotatable bonds is 10. The van der Waals surface area contributed by atoms with Crippen LogP contribution in [0, 0.1) is 6.92 Å². The van der Waals surface area contributed by atoms with E-state index in [-0.39, 0.29) is 13.0 Å². The number of aromatic nitrogens is 2. The number of hydrogen-bond acceptors (Lipinski definition) is 9. The lowest BCUT2D eigenvalue weighted by atomic mass is 10.1. The molecule has 0 bridgehead atoms. The molecule has 0 amide bonds. The van der Waals surface area contributed by atoms with Gasteiger partial charge in [0.1, 0.15) is 18.0 Å². The number of azide groups is 1. The van der Waals surface area contributed by atoms with Crippen molar-refractivity contribution in [3.63, 3.8) is 0 Å². The number of methoxy groups -OCH3 is 1. The van der Waals surface area contributed by atoms with Gasteiger partial charge in [0.05, 0.1) is 25.9 Å². The lowest BCUT2D eigenvalue weighted by Crippen LogP contribution is -2.36. The largest absolute Gasteiger partial charge is 0.468 e. The first-order valence-electron chi connectivity index (χ1n) is 10.6. The van der Waals surface area contributed by atoms with Gasteiger partial charge in [0, 0.05) is 28.1 Å². The van der Waals surface area contributed by atoms with E-state index in [1.165, 1.54) is 24.8 Å². The first kappa shape index (κ1) is 27.9. The summed E-state index contributed by atoms with van der Waals surface area (Å²) in [6.45, 7) is -0.488. The number of benzene rings is 1. The Balaban J connectivity index is 1.82. The zero-order valence-corrected chi connectivity index (χ0v) is 22.0. The summed E-state index contributed by atoms with van der Waals surface area (Å²) in [6, 6.07) is 4.82. The predicted octanol–water partition coefficient (Wildman–Crippen LogP) is 2.94. The van der Waals surface area contributed by atoms with Crippen LogP contribution >= 0.6 is 18.2 Å². The number of aromatic amines is 1. The minimum atomic E-state index is -3.38. The molecule has 0 aliphatic carbocycles. The highest BCUT2D eigenvalue weighted by atomic mass is 35.5. The van der Waals surface area contributed by atoms with Gasteiger partial charge in [-0.05, 0) is 55.5 Å². The van der Waals surface area contributed by atoms with Crippen LogP contribution in [0.25, 0.3) is 10.4 Å². The van der Waals surface area contributed by atoms with E-state index in [1.807, 2.05) is 0 Å². The van der Waals surface area contributed by atoms with Gasteiger partial charge in [-0.2, -0.15) is 0 Å². The molecule has 0 saturated carbocycles. The van der Waals surface area contributed by atoms with Crippen LogP contribution in [0.1, 0.15) is 25.1 Å². The Morgan fingerprint density at radius 3 is 2.78 bits per heavy atom. The summed E-state index contributed by atoms with van der Waals surface area (Å²) >= 11 is 11.6. The molecule has 1 aliphatic heterocycles. The van der Waals surface area contributed by atoms with E-state index in [2.05, 4.69) is 20.1 Å². The minimum absolute atomic E-state index is 0.149. The number of carbonyl (C=O) groups is 1. The number of nitrogens with one attached hydrogen (secondary N) is 2. The van der Waals surface area contributed by atoms with Crippen LogP contribution in [0.4, 0.5) is 0 Å². The fraction of sp³-hybridized carbons (Fsp3) is 0.450. The van der Waals surface area contributed by atoms with Gasteiger partial charge >= 0.3 is 18.3 Å². The fourth-order valence-electron chi connectivity index (χ4n) is 3.39. The van der Waals surface area contributed by atoms with Gasteiger partial charge in [-0.15, -0.1) is 0 Å². The highest BCUT2D eigenvalue weighted by molar-refractivity contribution is 8.09.